The maximum absolute atomic E-state index is 4.12. The van der Waals surface area contributed by atoms with Crippen LogP contribution in [-0.4, -0.2) is 23.5 Å². The van der Waals surface area contributed by atoms with Crippen molar-refractivity contribution < 1.29 is 0 Å². The predicted molar refractivity (Wildman–Crippen MR) is 56.8 cm³/mol. The van der Waals surface area contributed by atoms with Crippen molar-refractivity contribution >= 4 is 0 Å². The fourth-order valence-corrected chi connectivity index (χ4v) is 2.77. The topological polar surface area (TPSA) is 3.24 Å². The molecule has 1 saturated carbocycles. The van der Waals surface area contributed by atoms with Crippen LogP contribution in [-0.2, 0) is 0 Å². The number of hydrogen-bond donors (Lipinski definition) is 0. The van der Waals surface area contributed by atoms with Crippen LogP contribution in [0.3, 0.4) is 0 Å². The van der Waals surface area contributed by atoms with Gasteiger partial charge in [-0.15, -0.1) is 0 Å². The van der Waals surface area contributed by atoms with Gasteiger partial charge in [-0.1, -0.05) is 19.1 Å². The third-order valence-corrected chi connectivity index (χ3v) is 3.94. The highest BCUT2D eigenvalue weighted by atomic mass is 15.2. The lowest BCUT2D eigenvalue weighted by atomic mass is 9.75. The summed E-state index contributed by atoms with van der Waals surface area (Å²) in [6.07, 6.45) is 8.36. The largest absolute Gasteiger partial charge is 0.294 e. The molecule has 0 N–H and O–H groups in total. The average Bonchev–Trinajstić information content (AvgIpc) is 2.47. The molecule has 2 rings (SSSR count). The van der Waals surface area contributed by atoms with Crippen molar-refractivity contribution in [3.05, 3.63) is 12.2 Å². The Labute approximate surface area is 81.8 Å². The fourth-order valence-electron chi connectivity index (χ4n) is 2.77. The highest BCUT2D eigenvalue weighted by Gasteiger charge is 2.44. The number of hydrogen-bond acceptors (Lipinski definition) is 1. The number of nitrogens with zero attached hydrogens (tertiary/aromatic N) is 1. The van der Waals surface area contributed by atoms with Crippen LogP contribution in [0.5, 0.6) is 0 Å². The van der Waals surface area contributed by atoms with Gasteiger partial charge in [0.25, 0.3) is 0 Å². The van der Waals surface area contributed by atoms with E-state index in [2.05, 4.69) is 18.4 Å². The van der Waals surface area contributed by atoms with Crippen molar-refractivity contribution in [3.8, 4) is 0 Å². The summed E-state index contributed by atoms with van der Waals surface area (Å²) in [5, 5.41) is 0. The number of likely N-dealkylation sites (tertiary alicyclic amines) is 1. The molecule has 74 valence electrons. The van der Waals surface area contributed by atoms with E-state index < -0.39 is 0 Å². The summed E-state index contributed by atoms with van der Waals surface area (Å²) >= 11 is 0. The summed E-state index contributed by atoms with van der Waals surface area (Å²) in [4.78, 5) is 2.70. The first-order valence-corrected chi connectivity index (χ1v) is 5.68. The Kier molecular flexibility index (Phi) is 2.46. The normalized spacial score (nSPS) is 26.2. The van der Waals surface area contributed by atoms with Crippen LogP contribution in [0.2, 0.25) is 0 Å². The van der Waals surface area contributed by atoms with Gasteiger partial charge >= 0.3 is 0 Å². The maximum Gasteiger partial charge on any atom is 0.0213 e. The third kappa shape index (κ3) is 1.54. The molecule has 1 nitrogen and oxygen atoms in total. The Hall–Kier alpha value is -0.300. The standard InChI is InChI=1S/C12H21N/c1-3-11(2)10-13-9-5-8-12(13)6-4-7-12/h2-10H2,1H3. The molecule has 1 aliphatic carbocycles. The Bertz CT molecular complexity index is 203. The summed E-state index contributed by atoms with van der Waals surface area (Å²) < 4.78 is 0. The smallest absolute Gasteiger partial charge is 0.0213 e. The molecule has 0 atom stereocenters. The molecule has 13 heavy (non-hydrogen) atoms. The Morgan fingerprint density at radius 1 is 1.31 bits per heavy atom. The number of rotatable bonds is 3. The maximum atomic E-state index is 4.12. The van der Waals surface area contributed by atoms with E-state index in [1.165, 1.54) is 44.2 Å². The van der Waals surface area contributed by atoms with Crippen LogP contribution < -0.4 is 0 Å². The molecule has 1 spiro atoms. The predicted octanol–water partition coefficient (Wildman–Crippen LogP) is 2.97. The minimum Gasteiger partial charge on any atom is -0.294 e. The summed E-state index contributed by atoms with van der Waals surface area (Å²) in [7, 11) is 0. The van der Waals surface area contributed by atoms with Gasteiger partial charge in [0.05, 0.1) is 0 Å². The van der Waals surface area contributed by atoms with E-state index in [1.54, 1.807) is 0 Å². The lowest BCUT2D eigenvalue weighted by Crippen LogP contribution is -2.49. The summed E-state index contributed by atoms with van der Waals surface area (Å²) in [6, 6.07) is 0. The molecule has 0 radical (unpaired) electrons. The van der Waals surface area contributed by atoms with Gasteiger partial charge in [-0.2, -0.15) is 0 Å². The second kappa shape index (κ2) is 3.45. The zero-order valence-corrected chi connectivity index (χ0v) is 8.81. The second-order valence-electron chi connectivity index (χ2n) is 4.71. The Morgan fingerprint density at radius 3 is 2.54 bits per heavy atom. The van der Waals surface area contributed by atoms with Crippen LogP contribution in [0.15, 0.2) is 12.2 Å². The van der Waals surface area contributed by atoms with Gasteiger partial charge in [0, 0.05) is 12.1 Å². The molecular formula is C12H21N. The highest BCUT2D eigenvalue weighted by molar-refractivity contribution is 5.07. The Balaban J connectivity index is 1.94. The first-order valence-electron chi connectivity index (χ1n) is 5.68. The van der Waals surface area contributed by atoms with Gasteiger partial charge in [0.1, 0.15) is 0 Å². The summed E-state index contributed by atoms with van der Waals surface area (Å²) in [5.74, 6) is 0. The van der Waals surface area contributed by atoms with Crippen LogP contribution in [0, 0.1) is 0 Å². The van der Waals surface area contributed by atoms with E-state index in [1.807, 2.05) is 0 Å². The molecule has 0 aromatic carbocycles. The zero-order valence-electron chi connectivity index (χ0n) is 8.81. The van der Waals surface area contributed by atoms with E-state index in [0.717, 1.165) is 13.0 Å². The third-order valence-electron chi connectivity index (χ3n) is 3.94. The first-order chi connectivity index (χ1) is 6.27. The molecule has 0 unspecified atom stereocenters. The molecule has 1 aliphatic heterocycles. The molecule has 2 fully saturated rings. The van der Waals surface area contributed by atoms with Crippen LogP contribution >= 0.6 is 0 Å². The Morgan fingerprint density at radius 2 is 2.00 bits per heavy atom. The second-order valence-corrected chi connectivity index (χ2v) is 4.71. The van der Waals surface area contributed by atoms with E-state index in [0.29, 0.717) is 5.54 Å². The van der Waals surface area contributed by atoms with Crippen molar-refractivity contribution in [1.29, 1.82) is 0 Å². The molecule has 1 saturated heterocycles. The lowest BCUT2D eigenvalue weighted by Gasteiger charge is -2.46. The first kappa shape index (κ1) is 9.26. The van der Waals surface area contributed by atoms with Gasteiger partial charge in [0.2, 0.25) is 0 Å². The van der Waals surface area contributed by atoms with Gasteiger partial charge in [0.15, 0.2) is 0 Å². The fraction of sp³-hybridized carbons (Fsp3) is 0.833. The minimum absolute atomic E-state index is 0.637. The van der Waals surface area contributed by atoms with E-state index >= 15 is 0 Å². The van der Waals surface area contributed by atoms with Gasteiger partial charge in [-0.05, 0) is 45.1 Å². The van der Waals surface area contributed by atoms with Crippen molar-refractivity contribution in [2.24, 2.45) is 0 Å². The van der Waals surface area contributed by atoms with E-state index in [9.17, 15) is 0 Å². The molecular weight excluding hydrogens is 158 g/mol. The lowest BCUT2D eigenvalue weighted by molar-refractivity contribution is 0.0640. The summed E-state index contributed by atoms with van der Waals surface area (Å²) in [5.41, 5.74) is 2.05. The van der Waals surface area contributed by atoms with Gasteiger partial charge in [-0.3, -0.25) is 4.90 Å². The molecule has 1 heteroatoms. The van der Waals surface area contributed by atoms with Crippen molar-refractivity contribution in [2.45, 2.75) is 51.0 Å². The van der Waals surface area contributed by atoms with Crippen LogP contribution in [0.4, 0.5) is 0 Å². The highest BCUT2D eigenvalue weighted by Crippen LogP contribution is 2.45. The SMILES string of the molecule is C=C(CC)CN1CCCC12CCC2. The van der Waals surface area contributed by atoms with Crippen molar-refractivity contribution in [3.63, 3.8) is 0 Å². The van der Waals surface area contributed by atoms with Crippen molar-refractivity contribution in [1.82, 2.24) is 4.90 Å². The monoisotopic (exact) mass is 179 g/mol. The zero-order chi connectivity index (χ0) is 9.31. The molecule has 1 heterocycles. The minimum atomic E-state index is 0.637. The molecule has 2 aliphatic rings. The van der Waals surface area contributed by atoms with Crippen LogP contribution in [0.25, 0.3) is 0 Å². The average molecular weight is 179 g/mol. The molecule has 0 aromatic heterocycles. The molecule has 0 bridgehead atoms. The molecule has 0 aromatic rings. The van der Waals surface area contributed by atoms with Gasteiger partial charge < -0.3 is 0 Å². The molecule has 0 amide bonds. The van der Waals surface area contributed by atoms with Crippen LogP contribution in [0.1, 0.15) is 45.4 Å². The van der Waals surface area contributed by atoms with E-state index in [4.69, 9.17) is 0 Å². The quantitative estimate of drug-likeness (QED) is 0.602. The van der Waals surface area contributed by atoms with Gasteiger partial charge in [-0.25, -0.2) is 0 Å². The summed E-state index contributed by atoms with van der Waals surface area (Å²) in [6.45, 7) is 8.81. The van der Waals surface area contributed by atoms with E-state index in [-0.39, 0.29) is 0 Å². The van der Waals surface area contributed by atoms with Crippen molar-refractivity contribution in [2.75, 3.05) is 13.1 Å².